The Bertz CT molecular complexity index is 882. The van der Waals surface area contributed by atoms with E-state index in [1.165, 1.54) is 6.08 Å². The van der Waals surface area contributed by atoms with Crippen LogP contribution >= 0.6 is 23.2 Å². The maximum atomic E-state index is 12.4. The molecule has 0 saturated heterocycles. The Morgan fingerprint density at radius 3 is 2.29 bits per heavy atom. The molecule has 4 nitrogen and oxygen atoms in total. The molecular weight excluding hydrogens is 431 g/mol. The first kappa shape index (κ1) is 25.3. The van der Waals surface area contributed by atoms with E-state index in [1.54, 1.807) is 31.4 Å². The van der Waals surface area contributed by atoms with Gasteiger partial charge in [0.15, 0.2) is 0 Å². The van der Waals surface area contributed by atoms with Gasteiger partial charge in [-0.15, -0.1) is 0 Å². The molecule has 0 bridgehead atoms. The zero-order valence-corrected chi connectivity index (χ0v) is 20.4. The Hall–Kier alpha value is -2.01. The SMILES string of the molecule is COc1ccc(NC(=O)/C=C/c2cc(Cl)cc(Cl)c2)cc1CCCN(C(C)C)C(C)C. The van der Waals surface area contributed by atoms with Crippen molar-refractivity contribution in [3.63, 3.8) is 0 Å². The molecule has 31 heavy (non-hydrogen) atoms. The van der Waals surface area contributed by atoms with Crippen LogP contribution in [0, 0.1) is 0 Å². The molecule has 0 aliphatic carbocycles. The quantitative estimate of drug-likeness (QED) is 0.399. The number of benzene rings is 2. The van der Waals surface area contributed by atoms with E-state index in [0.29, 0.717) is 22.1 Å². The maximum Gasteiger partial charge on any atom is 0.248 e. The minimum atomic E-state index is -0.224. The fourth-order valence-corrected chi connectivity index (χ4v) is 4.19. The van der Waals surface area contributed by atoms with Gasteiger partial charge in [0.05, 0.1) is 7.11 Å². The molecule has 2 aromatic carbocycles. The van der Waals surface area contributed by atoms with Crippen molar-refractivity contribution >= 4 is 40.9 Å². The van der Waals surface area contributed by atoms with Gasteiger partial charge in [-0.2, -0.15) is 0 Å². The second-order valence-electron chi connectivity index (χ2n) is 8.08. The van der Waals surface area contributed by atoms with Crippen LogP contribution in [0.2, 0.25) is 10.0 Å². The number of anilines is 1. The number of methoxy groups -OCH3 is 1. The lowest BCUT2D eigenvalue weighted by Crippen LogP contribution is -2.37. The van der Waals surface area contributed by atoms with Crippen LogP contribution in [0.3, 0.4) is 0 Å². The lowest BCUT2D eigenvalue weighted by molar-refractivity contribution is -0.111. The molecule has 2 aromatic rings. The van der Waals surface area contributed by atoms with Crippen LogP contribution in [0.4, 0.5) is 5.69 Å². The van der Waals surface area contributed by atoms with Crippen LogP contribution in [-0.4, -0.2) is 36.5 Å². The standard InChI is InChI=1S/C25H32Cl2N2O2/c1-17(2)29(18(3)4)12-6-7-20-15-23(9-10-24(20)31-5)28-25(30)11-8-19-13-21(26)16-22(27)14-19/h8-11,13-18H,6-7,12H2,1-5H3,(H,28,30)/b11-8+. The smallest absolute Gasteiger partial charge is 0.248 e. The molecule has 6 heteroatoms. The average Bonchev–Trinajstić information content (AvgIpc) is 2.68. The topological polar surface area (TPSA) is 41.6 Å². The number of carbonyl (C=O) groups excluding carboxylic acids is 1. The third kappa shape index (κ3) is 8.21. The van der Waals surface area contributed by atoms with Crippen molar-refractivity contribution in [2.24, 2.45) is 0 Å². The van der Waals surface area contributed by atoms with E-state index in [-0.39, 0.29) is 5.91 Å². The summed E-state index contributed by atoms with van der Waals surface area (Å²) >= 11 is 12.0. The first-order chi connectivity index (χ1) is 14.7. The first-order valence-electron chi connectivity index (χ1n) is 10.6. The zero-order chi connectivity index (χ0) is 23.0. The third-order valence-corrected chi connectivity index (χ3v) is 5.49. The Balaban J connectivity index is 2.03. The molecule has 0 atom stereocenters. The fourth-order valence-electron chi connectivity index (χ4n) is 3.64. The second kappa shape index (κ2) is 12.1. The Morgan fingerprint density at radius 2 is 1.71 bits per heavy atom. The van der Waals surface area contributed by atoms with Gasteiger partial charge < -0.3 is 10.1 Å². The number of nitrogens with zero attached hydrogens (tertiary/aromatic N) is 1. The summed E-state index contributed by atoms with van der Waals surface area (Å²) in [5, 5.41) is 3.97. The third-order valence-electron chi connectivity index (χ3n) is 5.05. The number of halogens is 2. The largest absolute Gasteiger partial charge is 0.496 e. The lowest BCUT2D eigenvalue weighted by atomic mass is 10.1. The molecule has 0 saturated carbocycles. The molecule has 1 N–H and O–H groups in total. The molecule has 0 heterocycles. The van der Waals surface area contributed by atoms with Crippen LogP contribution < -0.4 is 10.1 Å². The summed E-state index contributed by atoms with van der Waals surface area (Å²) in [5.74, 6) is 0.612. The Labute approximate surface area is 196 Å². The number of amides is 1. The van der Waals surface area contributed by atoms with Gasteiger partial charge in [-0.3, -0.25) is 9.69 Å². The number of aryl methyl sites for hydroxylation is 1. The summed E-state index contributed by atoms with van der Waals surface area (Å²) < 4.78 is 5.52. The number of nitrogens with one attached hydrogen (secondary N) is 1. The van der Waals surface area contributed by atoms with Crippen molar-refractivity contribution in [3.8, 4) is 5.75 Å². The monoisotopic (exact) mass is 462 g/mol. The molecular formula is C25H32Cl2N2O2. The van der Waals surface area contributed by atoms with Crippen LogP contribution in [0.5, 0.6) is 5.75 Å². The van der Waals surface area contributed by atoms with Gasteiger partial charge in [0.2, 0.25) is 5.91 Å². The van der Waals surface area contributed by atoms with Crippen molar-refractivity contribution < 1.29 is 9.53 Å². The molecule has 0 radical (unpaired) electrons. The highest BCUT2D eigenvalue weighted by Gasteiger charge is 2.13. The normalized spacial score (nSPS) is 11.7. The maximum absolute atomic E-state index is 12.4. The van der Waals surface area contributed by atoms with Crippen LogP contribution in [0.1, 0.15) is 45.2 Å². The highest BCUT2D eigenvalue weighted by atomic mass is 35.5. The summed E-state index contributed by atoms with van der Waals surface area (Å²) in [6, 6.07) is 11.9. The van der Waals surface area contributed by atoms with Crippen LogP contribution in [0.25, 0.3) is 6.08 Å². The summed E-state index contributed by atoms with van der Waals surface area (Å²) in [6.45, 7) is 9.91. The molecule has 168 valence electrons. The summed E-state index contributed by atoms with van der Waals surface area (Å²) in [6.07, 6.45) is 5.04. The van der Waals surface area contributed by atoms with E-state index >= 15 is 0 Å². The van der Waals surface area contributed by atoms with Crippen molar-refractivity contribution in [1.29, 1.82) is 0 Å². The predicted octanol–water partition coefficient (Wildman–Crippen LogP) is 6.71. The second-order valence-corrected chi connectivity index (χ2v) is 8.95. The minimum absolute atomic E-state index is 0.224. The van der Waals surface area contributed by atoms with Crippen LogP contribution in [0.15, 0.2) is 42.5 Å². The van der Waals surface area contributed by atoms with Gasteiger partial charge in [0.25, 0.3) is 0 Å². The summed E-state index contributed by atoms with van der Waals surface area (Å²) in [7, 11) is 1.67. The lowest BCUT2D eigenvalue weighted by Gasteiger charge is -2.30. The summed E-state index contributed by atoms with van der Waals surface area (Å²) in [4.78, 5) is 14.9. The molecule has 1 amide bonds. The van der Waals surface area contributed by atoms with Gasteiger partial charge in [-0.1, -0.05) is 23.2 Å². The Kier molecular flexibility index (Phi) is 9.89. The first-order valence-corrected chi connectivity index (χ1v) is 11.3. The van der Waals surface area contributed by atoms with Gasteiger partial charge in [0, 0.05) is 33.9 Å². The number of hydrogen-bond acceptors (Lipinski definition) is 3. The van der Waals surface area contributed by atoms with Gasteiger partial charge in [-0.25, -0.2) is 0 Å². The van der Waals surface area contributed by atoms with Crippen molar-refractivity contribution in [2.45, 2.75) is 52.6 Å². The molecule has 0 aliphatic heterocycles. The predicted molar refractivity (Wildman–Crippen MR) is 132 cm³/mol. The highest BCUT2D eigenvalue weighted by Crippen LogP contribution is 2.25. The van der Waals surface area contributed by atoms with E-state index in [0.717, 1.165) is 42.0 Å². The highest BCUT2D eigenvalue weighted by molar-refractivity contribution is 6.34. The van der Waals surface area contributed by atoms with Crippen LogP contribution in [-0.2, 0) is 11.2 Å². The van der Waals surface area contributed by atoms with Crippen molar-refractivity contribution in [3.05, 3.63) is 63.6 Å². The van der Waals surface area contributed by atoms with Gasteiger partial charge >= 0.3 is 0 Å². The number of rotatable bonds is 10. The molecule has 2 rings (SSSR count). The van der Waals surface area contributed by atoms with Gasteiger partial charge in [0.1, 0.15) is 5.75 Å². The molecule has 0 unspecified atom stereocenters. The van der Waals surface area contributed by atoms with Crippen molar-refractivity contribution in [1.82, 2.24) is 4.90 Å². The summed E-state index contributed by atoms with van der Waals surface area (Å²) in [5.41, 5.74) is 2.58. The van der Waals surface area contributed by atoms with E-state index in [4.69, 9.17) is 27.9 Å². The number of hydrogen-bond donors (Lipinski definition) is 1. The van der Waals surface area contributed by atoms with E-state index < -0.39 is 0 Å². The molecule has 0 spiro atoms. The zero-order valence-electron chi connectivity index (χ0n) is 18.9. The number of carbonyl (C=O) groups is 1. The van der Waals surface area contributed by atoms with Gasteiger partial charge in [-0.05, 0) is 101 Å². The van der Waals surface area contributed by atoms with E-state index in [2.05, 4.69) is 37.9 Å². The average molecular weight is 463 g/mol. The minimum Gasteiger partial charge on any atom is -0.496 e. The molecule has 0 fully saturated rings. The molecule has 0 aliphatic rings. The van der Waals surface area contributed by atoms with E-state index in [1.807, 2.05) is 18.2 Å². The van der Waals surface area contributed by atoms with Crippen molar-refractivity contribution in [2.75, 3.05) is 19.0 Å². The Morgan fingerprint density at radius 1 is 1.06 bits per heavy atom. The number of ether oxygens (including phenoxy) is 1. The van der Waals surface area contributed by atoms with E-state index in [9.17, 15) is 4.79 Å². The molecule has 0 aromatic heterocycles. The fraction of sp³-hybridized carbons (Fsp3) is 0.400.